The third-order valence-corrected chi connectivity index (χ3v) is 4.91. The Hall–Kier alpha value is -2.19. The highest BCUT2D eigenvalue weighted by Crippen LogP contribution is 2.35. The molecule has 0 atom stereocenters. The van der Waals surface area contributed by atoms with Crippen molar-refractivity contribution in [3.8, 4) is 16.5 Å². The molecule has 3 rings (SSSR count). The summed E-state index contributed by atoms with van der Waals surface area (Å²) in [7, 11) is 1.57. The maximum Gasteiger partial charge on any atom is 0.266 e. The number of hydrogen-bond acceptors (Lipinski definition) is 6. The Morgan fingerprint density at radius 1 is 1.44 bits per heavy atom. The van der Waals surface area contributed by atoms with Crippen LogP contribution in [0.1, 0.15) is 22.5 Å². The van der Waals surface area contributed by atoms with Crippen molar-refractivity contribution in [2.45, 2.75) is 12.8 Å². The Kier molecular flexibility index (Phi) is 5.50. The molecule has 25 heavy (non-hydrogen) atoms. The number of hydrogen-bond donors (Lipinski definition) is 2. The van der Waals surface area contributed by atoms with Crippen LogP contribution >= 0.6 is 22.9 Å². The first-order valence-electron chi connectivity index (χ1n) is 7.78. The van der Waals surface area contributed by atoms with E-state index in [1.165, 1.54) is 11.3 Å². The fourth-order valence-corrected chi connectivity index (χ4v) is 3.09. The number of carbonyl (C=O) groups excluding carboxylic acids is 2. The molecule has 2 aromatic heterocycles. The second-order valence-electron chi connectivity index (χ2n) is 5.60. The van der Waals surface area contributed by atoms with Gasteiger partial charge in [-0.15, -0.1) is 22.9 Å². The number of carbonyl (C=O) groups is 2. The van der Waals surface area contributed by atoms with Gasteiger partial charge in [0, 0.05) is 18.8 Å². The highest BCUT2D eigenvalue weighted by atomic mass is 35.5. The summed E-state index contributed by atoms with van der Waals surface area (Å²) in [6, 6.07) is 3.44. The van der Waals surface area contributed by atoms with Crippen molar-refractivity contribution < 1.29 is 14.3 Å². The summed E-state index contributed by atoms with van der Waals surface area (Å²) < 4.78 is 5.73. The summed E-state index contributed by atoms with van der Waals surface area (Å²) >= 11 is 6.72. The minimum atomic E-state index is -0.343. The first-order chi connectivity index (χ1) is 12.1. The first-order valence-corrected chi connectivity index (χ1v) is 9.13. The van der Waals surface area contributed by atoms with Gasteiger partial charge in [0.1, 0.15) is 16.7 Å². The molecule has 0 aromatic carbocycles. The van der Waals surface area contributed by atoms with Gasteiger partial charge in [0.05, 0.1) is 6.61 Å². The Balaban J connectivity index is 1.86. The third kappa shape index (κ3) is 4.46. The van der Waals surface area contributed by atoms with Gasteiger partial charge >= 0.3 is 0 Å². The van der Waals surface area contributed by atoms with Crippen molar-refractivity contribution in [2.75, 3.05) is 24.9 Å². The number of halogens is 1. The number of pyridine rings is 1. The molecule has 0 saturated heterocycles. The molecule has 2 heterocycles. The molecule has 1 saturated carbocycles. The quantitative estimate of drug-likeness (QED) is 0.720. The Labute approximate surface area is 153 Å². The summed E-state index contributed by atoms with van der Waals surface area (Å²) in [5.74, 6) is 0.545. The second kappa shape index (κ2) is 7.79. The maximum atomic E-state index is 12.1. The summed E-state index contributed by atoms with van der Waals surface area (Å²) in [6.07, 6.45) is 3.87. The lowest BCUT2D eigenvalue weighted by molar-refractivity contribution is -0.113. The molecule has 2 N–H and O–H groups in total. The topological polar surface area (TPSA) is 93.2 Å². The van der Waals surface area contributed by atoms with Crippen molar-refractivity contribution in [3.63, 3.8) is 0 Å². The number of amides is 2. The summed E-state index contributed by atoms with van der Waals surface area (Å²) in [5, 5.41) is 5.81. The average Bonchev–Trinajstić information content (AvgIpc) is 3.37. The van der Waals surface area contributed by atoms with Gasteiger partial charge < -0.3 is 15.4 Å². The lowest BCUT2D eigenvalue weighted by atomic mass is 10.3. The van der Waals surface area contributed by atoms with Crippen LogP contribution in [0.3, 0.4) is 0 Å². The molecule has 0 unspecified atom stereocenters. The largest absolute Gasteiger partial charge is 0.476 e. The van der Waals surface area contributed by atoms with E-state index in [1.807, 2.05) is 0 Å². The van der Waals surface area contributed by atoms with E-state index < -0.39 is 0 Å². The van der Waals surface area contributed by atoms with Gasteiger partial charge in [-0.05, 0) is 30.9 Å². The van der Waals surface area contributed by atoms with Crippen molar-refractivity contribution in [3.05, 3.63) is 23.2 Å². The van der Waals surface area contributed by atoms with Crippen LogP contribution in [-0.2, 0) is 4.79 Å². The van der Waals surface area contributed by atoms with Crippen LogP contribution in [0.25, 0.3) is 10.6 Å². The van der Waals surface area contributed by atoms with Gasteiger partial charge in [-0.25, -0.2) is 9.97 Å². The molecule has 0 bridgehead atoms. The van der Waals surface area contributed by atoms with Crippen molar-refractivity contribution in [2.24, 2.45) is 5.92 Å². The number of ether oxygens (including phenoxy) is 1. The minimum Gasteiger partial charge on any atom is -0.476 e. The van der Waals surface area contributed by atoms with Crippen LogP contribution in [-0.4, -0.2) is 41.3 Å². The minimum absolute atomic E-state index is 0.150. The van der Waals surface area contributed by atoms with Crippen LogP contribution in [0.5, 0.6) is 5.88 Å². The van der Waals surface area contributed by atoms with Gasteiger partial charge in [-0.1, -0.05) is 0 Å². The number of anilines is 1. The molecule has 2 amide bonds. The van der Waals surface area contributed by atoms with Gasteiger partial charge in [-0.3, -0.25) is 9.59 Å². The molecule has 1 aliphatic carbocycles. The Morgan fingerprint density at radius 3 is 2.92 bits per heavy atom. The average molecular weight is 381 g/mol. The van der Waals surface area contributed by atoms with E-state index in [2.05, 4.69) is 20.6 Å². The smallest absolute Gasteiger partial charge is 0.266 e. The molecule has 0 radical (unpaired) electrons. The standard InChI is InChI=1S/C16H17ClN4O3S/c1-18-14(23)13-15(24-8-9-2-3-9)21-16(25-13)10-4-5-19-11(6-10)20-12(22)7-17/h4-6,9H,2-3,7-8H2,1H3,(H,18,23)(H,19,20,22). The van der Waals surface area contributed by atoms with Crippen LogP contribution in [0.4, 0.5) is 5.82 Å². The molecule has 0 spiro atoms. The third-order valence-electron chi connectivity index (χ3n) is 3.58. The molecule has 1 fully saturated rings. The normalized spacial score (nSPS) is 13.4. The van der Waals surface area contributed by atoms with E-state index in [0.717, 1.165) is 18.4 Å². The fraction of sp³-hybridized carbons (Fsp3) is 0.375. The lowest BCUT2D eigenvalue weighted by Gasteiger charge is -2.03. The number of nitrogens with zero attached hydrogens (tertiary/aromatic N) is 2. The highest BCUT2D eigenvalue weighted by molar-refractivity contribution is 7.17. The molecule has 0 aliphatic heterocycles. The molecular formula is C16H17ClN4O3S. The molecule has 132 valence electrons. The van der Waals surface area contributed by atoms with E-state index in [1.54, 1.807) is 25.4 Å². The SMILES string of the molecule is CNC(=O)c1sc(-c2ccnc(NC(=O)CCl)c2)nc1OCC1CC1. The van der Waals surface area contributed by atoms with Gasteiger partial charge in [0.2, 0.25) is 11.8 Å². The van der Waals surface area contributed by atoms with Crippen LogP contribution < -0.4 is 15.4 Å². The fourth-order valence-electron chi connectivity index (χ4n) is 2.07. The zero-order chi connectivity index (χ0) is 17.8. The van der Waals surface area contributed by atoms with Crippen LogP contribution in [0.15, 0.2) is 18.3 Å². The number of nitrogens with one attached hydrogen (secondary N) is 2. The second-order valence-corrected chi connectivity index (χ2v) is 6.86. The maximum absolute atomic E-state index is 12.1. The van der Waals surface area contributed by atoms with Gasteiger partial charge in [0.15, 0.2) is 4.88 Å². The zero-order valence-electron chi connectivity index (χ0n) is 13.5. The van der Waals surface area contributed by atoms with Gasteiger partial charge in [0.25, 0.3) is 5.91 Å². The van der Waals surface area contributed by atoms with E-state index in [4.69, 9.17) is 16.3 Å². The number of rotatable bonds is 7. The molecule has 2 aromatic rings. The highest BCUT2D eigenvalue weighted by Gasteiger charge is 2.25. The van der Waals surface area contributed by atoms with Crippen molar-refractivity contribution in [1.82, 2.24) is 15.3 Å². The van der Waals surface area contributed by atoms with Crippen LogP contribution in [0, 0.1) is 5.92 Å². The summed E-state index contributed by atoms with van der Waals surface area (Å²) in [4.78, 5) is 32.5. The summed E-state index contributed by atoms with van der Waals surface area (Å²) in [5.41, 5.74) is 0.733. The number of alkyl halides is 1. The predicted molar refractivity (Wildman–Crippen MR) is 96.3 cm³/mol. The number of aromatic nitrogens is 2. The van der Waals surface area contributed by atoms with E-state index in [9.17, 15) is 9.59 Å². The van der Waals surface area contributed by atoms with Crippen molar-refractivity contribution >= 4 is 40.6 Å². The Morgan fingerprint density at radius 2 is 2.24 bits per heavy atom. The van der Waals surface area contributed by atoms with Crippen molar-refractivity contribution in [1.29, 1.82) is 0 Å². The van der Waals surface area contributed by atoms with E-state index in [0.29, 0.717) is 34.1 Å². The predicted octanol–water partition coefficient (Wildman–Crippen LogP) is 2.53. The zero-order valence-corrected chi connectivity index (χ0v) is 15.1. The number of thiazole rings is 1. The Bertz CT molecular complexity index is 791. The molecule has 7 nitrogen and oxygen atoms in total. The van der Waals surface area contributed by atoms with E-state index >= 15 is 0 Å². The van der Waals surface area contributed by atoms with E-state index in [-0.39, 0.29) is 17.7 Å². The lowest BCUT2D eigenvalue weighted by Crippen LogP contribution is -2.17. The first kappa shape index (κ1) is 17.6. The molecule has 1 aliphatic rings. The molecule has 9 heteroatoms. The monoisotopic (exact) mass is 380 g/mol. The summed E-state index contributed by atoms with van der Waals surface area (Å²) in [6.45, 7) is 0.570. The molecular weight excluding hydrogens is 364 g/mol. The van der Waals surface area contributed by atoms with Gasteiger partial charge in [-0.2, -0.15) is 0 Å². The van der Waals surface area contributed by atoms with Crippen LogP contribution in [0.2, 0.25) is 0 Å².